The van der Waals surface area contributed by atoms with Crippen molar-refractivity contribution in [2.75, 3.05) is 5.32 Å². The minimum atomic E-state index is -4.43. The van der Waals surface area contributed by atoms with Crippen molar-refractivity contribution >= 4 is 29.3 Å². The van der Waals surface area contributed by atoms with Gasteiger partial charge in [0.2, 0.25) is 0 Å². The van der Waals surface area contributed by atoms with Crippen molar-refractivity contribution in [1.82, 2.24) is 15.0 Å². The molecular weight excluding hydrogens is 460 g/mol. The summed E-state index contributed by atoms with van der Waals surface area (Å²) in [6.45, 7) is 14.7. The van der Waals surface area contributed by atoms with Gasteiger partial charge < -0.3 is 9.88 Å². The van der Waals surface area contributed by atoms with Crippen LogP contribution in [-0.4, -0.2) is 26.3 Å². The van der Waals surface area contributed by atoms with Gasteiger partial charge in [0.1, 0.15) is 18.8 Å². The van der Waals surface area contributed by atoms with E-state index >= 15 is 0 Å². The Morgan fingerprint density at radius 3 is 2.12 bits per heavy atom. The number of hydrogen-bond acceptors (Lipinski definition) is 5. The van der Waals surface area contributed by atoms with Gasteiger partial charge in [-0.15, -0.1) is 0 Å². The monoisotopic (exact) mass is 492 g/mol. The van der Waals surface area contributed by atoms with Crippen LogP contribution in [0.4, 0.5) is 19.0 Å². The molecule has 34 heavy (non-hydrogen) atoms. The molecule has 0 bridgehead atoms. The van der Waals surface area contributed by atoms with Crippen LogP contribution < -0.4 is 10.6 Å². The summed E-state index contributed by atoms with van der Waals surface area (Å²) < 4.78 is 54.4. The van der Waals surface area contributed by atoms with Crippen LogP contribution in [0, 0.1) is 20.8 Å². The van der Waals surface area contributed by atoms with Crippen LogP contribution >= 0.6 is 7.14 Å². The number of alkyl halides is 3. The number of aryl methyl sites for hydroxylation is 2. The summed E-state index contributed by atoms with van der Waals surface area (Å²) in [6, 6.07) is 5.57. The first kappa shape index (κ1) is 26.1. The molecule has 1 aromatic carbocycles. The van der Waals surface area contributed by atoms with Crippen LogP contribution in [0.1, 0.15) is 68.9 Å². The average molecular weight is 493 g/mol. The lowest BCUT2D eigenvalue weighted by Gasteiger charge is -2.28. The number of nitrogens with one attached hydrogen (secondary N) is 1. The maximum atomic E-state index is 14.1. The Morgan fingerprint density at radius 2 is 1.56 bits per heavy atom. The number of benzene rings is 1. The molecule has 0 amide bonds. The van der Waals surface area contributed by atoms with E-state index in [9.17, 15) is 17.7 Å². The third-order valence-corrected chi connectivity index (χ3v) is 10.6. The van der Waals surface area contributed by atoms with Crippen molar-refractivity contribution in [3.63, 3.8) is 0 Å². The van der Waals surface area contributed by atoms with Gasteiger partial charge in [0.15, 0.2) is 5.65 Å². The molecule has 0 spiro atoms. The number of halogens is 3. The smallest absolute Gasteiger partial charge is 0.363 e. The van der Waals surface area contributed by atoms with Crippen molar-refractivity contribution in [3.8, 4) is 0 Å². The Morgan fingerprint density at radius 1 is 0.941 bits per heavy atom. The molecular formula is C25H32F3N4OP. The Labute approximate surface area is 199 Å². The summed E-state index contributed by atoms with van der Waals surface area (Å²) in [7, 11) is -2.79. The van der Waals surface area contributed by atoms with Crippen LogP contribution in [-0.2, 0) is 10.7 Å². The van der Waals surface area contributed by atoms with E-state index < -0.39 is 24.9 Å². The zero-order chi connectivity index (χ0) is 25.6. The Kier molecular flexibility index (Phi) is 7.14. The normalized spacial score (nSPS) is 13.7. The second-order valence-corrected chi connectivity index (χ2v) is 13.3. The fraction of sp³-hybridized carbons (Fsp3) is 0.480. The lowest BCUT2D eigenvalue weighted by Crippen LogP contribution is -2.23. The van der Waals surface area contributed by atoms with Crippen LogP contribution in [0.2, 0.25) is 0 Å². The molecule has 0 aliphatic heterocycles. The minimum absolute atomic E-state index is 0.0695. The van der Waals surface area contributed by atoms with E-state index in [1.807, 2.05) is 40.7 Å². The molecule has 5 nitrogen and oxygen atoms in total. The van der Waals surface area contributed by atoms with Gasteiger partial charge in [-0.25, -0.2) is 15.0 Å². The second-order valence-electron chi connectivity index (χ2n) is 9.36. The quantitative estimate of drug-likeness (QED) is 0.377. The number of fused-ring (bicyclic) bond motifs is 1. The van der Waals surface area contributed by atoms with E-state index in [1.165, 1.54) is 13.0 Å². The highest BCUT2D eigenvalue weighted by molar-refractivity contribution is 7.72. The Bertz CT molecular complexity index is 1260. The SMILES string of the molecule is Cc1nc(N[C@H](C)c2cccc(C(F)(F)F)c2C)c2cc(P(=O)(C(C)C)C(C)C)c(C)nc2n1. The zero-order valence-corrected chi connectivity index (χ0v) is 21.8. The molecule has 0 saturated carbocycles. The fourth-order valence-electron chi connectivity index (χ4n) is 4.57. The molecule has 3 aromatic rings. The molecule has 1 N–H and O–H groups in total. The summed E-state index contributed by atoms with van der Waals surface area (Å²) in [4.78, 5) is 13.6. The van der Waals surface area contributed by atoms with Crippen molar-refractivity contribution in [1.29, 1.82) is 0 Å². The van der Waals surface area contributed by atoms with E-state index in [0.29, 0.717) is 39.2 Å². The largest absolute Gasteiger partial charge is 0.416 e. The first-order chi connectivity index (χ1) is 15.7. The third kappa shape index (κ3) is 4.70. The molecule has 0 radical (unpaired) electrons. The van der Waals surface area contributed by atoms with Gasteiger partial charge in [0, 0.05) is 16.6 Å². The number of anilines is 1. The van der Waals surface area contributed by atoms with Gasteiger partial charge in [0.25, 0.3) is 0 Å². The van der Waals surface area contributed by atoms with Gasteiger partial charge >= 0.3 is 6.18 Å². The highest BCUT2D eigenvalue weighted by Crippen LogP contribution is 2.54. The Balaban J connectivity index is 2.16. The number of aromatic nitrogens is 3. The van der Waals surface area contributed by atoms with E-state index in [2.05, 4.69) is 20.3 Å². The summed E-state index contributed by atoms with van der Waals surface area (Å²) in [5.41, 5.74) is 1.03. The summed E-state index contributed by atoms with van der Waals surface area (Å²) in [5.74, 6) is 0.943. The topological polar surface area (TPSA) is 67.8 Å². The number of hydrogen-bond donors (Lipinski definition) is 1. The average Bonchev–Trinajstić information content (AvgIpc) is 2.71. The highest BCUT2D eigenvalue weighted by atomic mass is 31.2. The maximum Gasteiger partial charge on any atom is 0.416 e. The second kappa shape index (κ2) is 9.29. The molecule has 0 unspecified atom stereocenters. The summed E-state index contributed by atoms with van der Waals surface area (Å²) in [6.07, 6.45) is -4.43. The van der Waals surface area contributed by atoms with Gasteiger partial charge in [-0.2, -0.15) is 13.2 Å². The molecule has 0 saturated heterocycles. The molecule has 0 aliphatic rings. The van der Waals surface area contributed by atoms with Gasteiger partial charge in [0.05, 0.1) is 22.7 Å². The zero-order valence-electron chi connectivity index (χ0n) is 20.9. The molecule has 2 heterocycles. The van der Waals surface area contributed by atoms with Crippen LogP contribution in [0.25, 0.3) is 11.0 Å². The minimum Gasteiger partial charge on any atom is -0.363 e. The number of rotatable bonds is 6. The summed E-state index contributed by atoms with van der Waals surface area (Å²) >= 11 is 0. The first-order valence-electron chi connectivity index (χ1n) is 11.4. The summed E-state index contributed by atoms with van der Waals surface area (Å²) in [5, 5.41) is 4.57. The molecule has 184 valence electrons. The predicted octanol–water partition coefficient (Wildman–Crippen LogP) is 6.95. The fourth-order valence-corrected chi connectivity index (χ4v) is 7.76. The lowest BCUT2D eigenvalue weighted by molar-refractivity contribution is -0.138. The van der Waals surface area contributed by atoms with Crippen LogP contribution in [0.15, 0.2) is 24.3 Å². The standard InChI is InChI=1S/C25H32F3N4OP/c1-13(2)34(33,14(3)4)22-12-20-23(31-18(8)32-24(20)30-17(22)7)29-16(6)19-10-9-11-21(15(19)5)25(26,27)28/h9-14,16H,1-8H3,(H,29,30,31,32)/t16-/m1/s1. The molecule has 9 heteroatoms. The maximum absolute atomic E-state index is 14.1. The molecule has 0 fully saturated rings. The third-order valence-electron chi connectivity index (χ3n) is 6.37. The van der Waals surface area contributed by atoms with Crippen LogP contribution in [0.3, 0.4) is 0 Å². The molecule has 0 aliphatic carbocycles. The van der Waals surface area contributed by atoms with Gasteiger partial charge in [-0.05, 0) is 51.0 Å². The van der Waals surface area contributed by atoms with E-state index in [-0.39, 0.29) is 16.9 Å². The lowest BCUT2D eigenvalue weighted by atomic mass is 9.97. The van der Waals surface area contributed by atoms with E-state index in [4.69, 9.17) is 0 Å². The molecule has 3 rings (SSSR count). The first-order valence-corrected chi connectivity index (χ1v) is 13.2. The predicted molar refractivity (Wildman–Crippen MR) is 133 cm³/mol. The van der Waals surface area contributed by atoms with E-state index in [0.717, 1.165) is 6.07 Å². The Hall–Kier alpha value is -2.47. The van der Waals surface area contributed by atoms with Crippen molar-refractivity contribution in [2.45, 2.75) is 78.9 Å². The molecule has 2 aromatic heterocycles. The van der Waals surface area contributed by atoms with Crippen molar-refractivity contribution in [2.24, 2.45) is 0 Å². The highest BCUT2D eigenvalue weighted by Gasteiger charge is 2.35. The number of pyridine rings is 1. The van der Waals surface area contributed by atoms with Crippen LogP contribution in [0.5, 0.6) is 0 Å². The van der Waals surface area contributed by atoms with E-state index in [1.54, 1.807) is 19.9 Å². The van der Waals surface area contributed by atoms with Crippen molar-refractivity contribution in [3.05, 3.63) is 52.5 Å². The number of nitrogens with zero attached hydrogens (tertiary/aromatic N) is 3. The molecule has 1 atom stereocenters. The van der Waals surface area contributed by atoms with Gasteiger partial charge in [-0.1, -0.05) is 39.8 Å². The van der Waals surface area contributed by atoms with Gasteiger partial charge in [-0.3, -0.25) is 0 Å². The van der Waals surface area contributed by atoms with Crippen molar-refractivity contribution < 1.29 is 17.7 Å².